The number of benzene rings is 3. The van der Waals surface area contributed by atoms with E-state index in [1.54, 1.807) is 0 Å². The molecule has 8 rings (SSSR count). The predicted molar refractivity (Wildman–Crippen MR) is 218 cm³/mol. The molecule has 4 aliphatic rings. The monoisotopic (exact) mass is 722 g/mol. The van der Waals surface area contributed by atoms with Crippen LogP contribution < -0.4 is 10.7 Å². The van der Waals surface area contributed by atoms with Crippen LogP contribution in [-0.2, 0) is 23.3 Å². The van der Waals surface area contributed by atoms with Gasteiger partial charge in [0.05, 0.1) is 10.7 Å². The first-order valence-corrected chi connectivity index (χ1v) is 20.7. The molecule has 6 nitrogen and oxygen atoms in total. The summed E-state index contributed by atoms with van der Waals surface area (Å²) in [6.45, 7) is 9.14. The molecule has 54 heavy (non-hydrogen) atoms. The molecule has 4 unspecified atom stereocenters. The highest BCUT2D eigenvalue weighted by molar-refractivity contribution is 5.68. The van der Waals surface area contributed by atoms with E-state index >= 15 is 0 Å². The minimum atomic E-state index is -0.212. The van der Waals surface area contributed by atoms with Crippen LogP contribution in [0, 0.1) is 12.3 Å². The number of aromatic nitrogens is 2. The zero-order chi connectivity index (χ0) is 37.1. The Balaban J connectivity index is 0.955. The number of nitrogens with zero attached hydrogens (tertiary/aromatic N) is 4. The summed E-state index contributed by atoms with van der Waals surface area (Å²) in [7, 11) is 0. The van der Waals surface area contributed by atoms with E-state index in [2.05, 4.69) is 109 Å². The molecule has 3 aliphatic carbocycles. The van der Waals surface area contributed by atoms with Crippen molar-refractivity contribution in [3.8, 4) is 0 Å². The first-order valence-electron chi connectivity index (χ1n) is 20.7. The largest absolute Gasteiger partial charge is 0.445 e. The van der Waals surface area contributed by atoms with Crippen molar-refractivity contribution in [2.45, 2.75) is 128 Å². The van der Waals surface area contributed by atoms with Crippen molar-refractivity contribution in [3.63, 3.8) is 0 Å². The van der Waals surface area contributed by atoms with E-state index in [0.29, 0.717) is 36.7 Å². The average molecular weight is 723 g/mol. The van der Waals surface area contributed by atoms with Crippen LogP contribution in [0.25, 0.3) is 12.2 Å². The lowest BCUT2D eigenvalue weighted by molar-refractivity contribution is -0.115. The molecular weight excluding hydrogens is 665 g/mol. The van der Waals surface area contributed by atoms with E-state index < -0.39 is 0 Å². The van der Waals surface area contributed by atoms with Gasteiger partial charge in [0.2, 0.25) is 0 Å². The van der Waals surface area contributed by atoms with Gasteiger partial charge in [-0.1, -0.05) is 116 Å². The van der Waals surface area contributed by atoms with Gasteiger partial charge in [-0.15, -0.1) is 0 Å². The number of allylic oxidation sites excluding steroid dienone is 2. The predicted octanol–water partition coefficient (Wildman–Crippen LogP) is 9.02. The van der Waals surface area contributed by atoms with E-state index in [-0.39, 0.29) is 17.6 Å². The van der Waals surface area contributed by atoms with Gasteiger partial charge in [-0.05, 0) is 113 Å². The standard InChI is InChI=1S/C48H58N4O2/c1-4-48-33-42(52-37(3)49-43-24-15-8-16-25-44(43)52)32-45(48)50(36(48)2)31-17-28-47(40-22-13-7-14-23-40)29-26-41(27-30-47)51(34-38-18-9-5-10-19-38)46(53)54-35-39-20-11-6-12-21-39/h5-15,18-25,36,41-42,45H,4,16-17,26-35H2,1-3H3. The Hall–Kier alpha value is -4.42. The van der Waals surface area contributed by atoms with Crippen molar-refractivity contribution in [1.82, 2.24) is 19.4 Å². The molecule has 0 radical (unpaired) electrons. The zero-order valence-electron chi connectivity index (χ0n) is 32.6. The fourth-order valence-electron chi connectivity index (χ4n) is 11.1. The number of hydrogen-bond donors (Lipinski definition) is 0. The van der Waals surface area contributed by atoms with Gasteiger partial charge in [0.1, 0.15) is 12.4 Å². The van der Waals surface area contributed by atoms with Crippen molar-refractivity contribution in [1.29, 1.82) is 0 Å². The molecule has 3 aromatic carbocycles. The second-order valence-corrected chi connectivity index (χ2v) is 16.6. The average Bonchev–Trinajstić information content (AvgIpc) is 3.62. The van der Waals surface area contributed by atoms with E-state index in [1.165, 1.54) is 43.0 Å². The fourth-order valence-corrected chi connectivity index (χ4v) is 11.1. The van der Waals surface area contributed by atoms with Crippen molar-refractivity contribution < 1.29 is 9.53 Å². The Labute approximate surface area is 322 Å². The topological polar surface area (TPSA) is 50.6 Å². The van der Waals surface area contributed by atoms with Crippen LogP contribution in [0.5, 0.6) is 0 Å². The van der Waals surface area contributed by atoms with Gasteiger partial charge in [-0.2, -0.15) is 0 Å². The fraction of sp³-hybridized carbons (Fsp3) is 0.458. The van der Waals surface area contributed by atoms with Crippen LogP contribution >= 0.6 is 0 Å². The summed E-state index contributed by atoms with van der Waals surface area (Å²) in [4.78, 5) is 23.7. The summed E-state index contributed by atoms with van der Waals surface area (Å²) >= 11 is 0. The minimum Gasteiger partial charge on any atom is -0.445 e. The van der Waals surface area contributed by atoms with Gasteiger partial charge < -0.3 is 14.2 Å². The Kier molecular flexibility index (Phi) is 10.7. The van der Waals surface area contributed by atoms with Crippen molar-refractivity contribution in [3.05, 3.63) is 136 Å². The lowest BCUT2D eigenvalue weighted by Gasteiger charge is -2.60. The van der Waals surface area contributed by atoms with Crippen molar-refractivity contribution >= 4 is 18.2 Å². The highest BCUT2D eigenvalue weighted by Gasteiger charge is 2.62. The quantitative estimate of drug-likeness (QED) is 0.147. The molecule has 0 bridgehead atoms. The number of likely N-dealkylation sites (tertiary alicyclic amines) is 1. The molecule has 4 atom stereocenters. The Morgan fingerprint density at radius 2 is 1.63 bits per heavy atom. The summed E-state index contributed by atoms with van der Waals surface area (Å²) in [5.41, 5.74) is 4.11. The van der Waals surface area contributed by atoms with Gasteiger partial charge in [-0.3, -0.25) is 4.90 Å². The number of carbonyl (C=O) groups excluding carboxylic acids is 1. The summed E-state index contributed by atoms with van der Waals surface area (Å²) in [6, 6.07) is 33.5. The summed E-state index contributed by atoms with van der Waals surface area (Å²) < 4.78 is 8.55. The van der Waals surface area contributed by atoms with Gasteiger partial charge >= 0.3 is 6.09 Å². The number of ether oxygens (including phenoxy) is 1. The number of hydrogen-bond acceptors (Lipinski definition) is 4. The highest BCUT2D eigenvalue weighted by Crippen LogP contribution is 2.60. The third-order valence-corrected chi connectivity index (χ3v) is 14.0. The van der Waals surface area contributed by atoms with Crippen LogP contribution in [0.4, 0.5) is 4.79 Å². The molecule has 6 heteroatoms. The first-order chi connectivity index (χ1) is 26.4. The normalized spacial score (nSPS) is 27.5. The molecule has 1 aromatic heterocycles. The molecule has 282 valence electrons. The SMILES string of the molecule is CCC12CC(n3c(C)nc4c3=CCC=CC=4)CC1N(CCCC1(c3ccccc3)CCC(N(Cc3ccccc3)C(=O)OCc3ccccc3)CC1)C2C. The number of rotatable bonds is 12. The first kappa shape index (κ1) is 36.6. The molecule has 3 fully saturated rings. The van der Waals surface area contributed by atoms with Crippen molar-refractivity contribution in [2.24, 2.45) is 5.41 Å². The Bertz CT molecular complexity index is 2030. The number of aryl methyl sites for hydroxylation is 1. The third kappa shape index (κ3) is 6.98. The number of carbonyl (C=O) groups is 1. The minimum absolute atomic E-state index is 0.115. The second-order valence-electron chi connectivity index (χ2n) is 16.6. The van der Waals surface area contributed by atoms with Crippen LogP contribution in [0.1, 0.15) is 107 Å². The smallest absolute Gasteiger partial charge is 0.410 e. The maximum atomic E-state index is 13.8. The Morgan fingerprint density at radius 3 is 2.33 bits per heavy atom. The molecule has 4 aromatic rings. The molecule has 0 spiro atoms. The third-order valence-electron chi connectivity index (χ3n) is 14.0. The maximum Gasteiger partial charge on any atom is 0.410 e. The molecule has 1 amide bonds. The zero-order valence-corrected chi connectivity index (χ0v) is 32.6. The van der Waals surface area contributed by atoms with Crippen LogP contribution in [-0.4, -0.2) is 50.1 Å². The molecular formula is C48H58N4O2. The van der Waals surface area contributed by atoms with E-state index in [4.69, 9.17) is 9.72 Å². The molecule has 0 N–H and O–H groups in total. The van der Waals surface area contributed by atoms with E-state index in [9.17, 15) is 4.79 Å². The molecule has 1 saturated heterocycles. The number of imidazole rings is 1. The summed E-state index contributed by atoms with van der Waals surface area (Å²) in [5, 5.41) is 2.45. The summed E-state index contributed by atoms with van der Waals surface area (Å²) in [6.07, 6.45) is 19.9. The number of amides is 1. The molecule has 2 saturated carbocycles. The highest BCUT2D eigenvalue weighted by atomic mass is 16.6. The Morgan fingerprint density at radius 1 is 0.944 bits per heavy atom. The van der Waals surface area contributed by atoms with E-state index in [0.717, 1.165) is 60.9 Å². The van der Waals surface area contributed by atoms with Gasteiger partial charge in [0.15, 0.2) is 0 Å². The lowest BCUT2D eigenvalue weighted by atomic mass is 9.64. The van der Waals surface area contributed by atoms with Gasteiger partial charge in [0, 0.05) is 36.1 Å². The van der Waals surface area contributed by atoms with Crippen LogP contribution in [0.2, 0.25) is 0 Å². The van der Waals surface area contributed by atoms with Gasteiger partial charge in [-0.25, -0.2) is 9.78 Å². The van der Waals surface area contributed by atoms with E-state index in [1.807, 2.05) is 41.3 Å². The second kappa shape index (κ2) is 15.7. The van der Waals surface area contributed by atoms with Gasteiger partial charge in [0.25, 0.3) is 0 Å². The molecule has 2 heterocycles. The maximum absolute atomic E-state index is 13.8. The summed E-state index contributed by atoms with van der Waals surface area (Å²) in [5.74, 6) is 1.16. The van der Waals surface area contributed by atoms with Crippen LogP contribution in [0.3, 0.4) is 0 Å². The van der Waals surface area contributed by atoms with Crippen molar-refractivity contribution in [2.75, 3.05) is 6.54 Å². The lowest BCUT2D eigenvalue weighted by Crippen LogP contribution is -2.67. The molecule has 1 aliphatic heterocycles. The van der Waals surface area contributed by atoms with Crippen LogP contribution in [0.15, 0.2) is 103 Å². The number of fused-ring (bicyclic) bond motifs is 2.